The maximum Gasteiger partial charge on any atom is 0.0944 e. The van der Waals surface area contributed by atoms with Crippen LogP contribution in [0.4, 0.5) is 0 Å². The van der Waals surface area contributed by atoms with Gasteiger partial charge in [-0.3, -0.25) is 0 Å². The molecule has 0 spiro atoms. The molecule has 0 radical (unpaired) electrons. The van der Waals surface area contributed by atoms with Gasteiger partial charge >= 0.3 is 0 Å². The average Bonchev–Trinajstić information content (AvgIpc) is 2.50. The molecule has 1 aromatic rings. The second-order valence-corrected chi connectivity index (χ2v) is 5.01. The molecule has 0 N–H and O–H groups in total. The van der Waals surface area contributed by atoms with Crippen LogP contribution in [-0.2, 0) is 5.41 Å². The molecular formula is C9H8ClNS. The Morgan fingerprint density at radius 1 is 1.75 bits per heavy atom. The molecule has 0 aromatic carbocycles. The van der Waals surface area contributed by atoms with E-state index in [1.165, 1.54) is 11.3 Å². The predicted molar refractivity (Wildman–Crippen MR) is 50.4 cm³/mol. The quantitative estimate of drug-likeness (QED) is 0.679. The highest BCUT2D eigenvalue weighted by molar-refractivity contribution is 7.16. The van der Waals surface area contributed by atoms with Crippen molar-refractivity contribution in [3.05, 3.63) is 21.3 Å². The Balaban J connectivity index is 2.38. The number of nitriles is 1. The molecule has 1 aliphatic rings. The topological polar surface area (TPSA) is 23.8 Å². The van der Waals surface area contributed by atoms with Crippen LogP contribution in [0, 0.1) is 17.2 Å². The Bertz CT molecular complexity index is 352. The van der Waals surface area contributed by atoms with Gasteiger partial charge < -0.3 is 0 Å². The molecule has 1 saturated carbocycles. The normalized spacial score (nSPS) is 32.9. The summed E-state index contributed by atoms with van der Waals surface area (Å²) in [4.78, 5) is 1.13. The fourth-order valence-electron chi connectivity index (χ4n) is 1.53. The summed E-state index contributed by atoms with van der Waals surface area (Å²) in [6.45, 7) is 2.11. The highest BCUT2D eigenvalue weighted by atomic mass is 35.5. The molecular weight excluding hydrogens is 190 g/mol. The van der Waals surface area contributed by atoms with Gasteiger partial charge in [0.15, 0.2) is 0 Å². The van der Waals surface area contributed by atoms with Gasteiger partial charge in [0.1, 0.15) is 0 Å². The molecule has 1 fully saturated rings. The summed E-state index contributed by atoms with van der Waals surface area (Å²) >= 11 is 7.34. The van der Waals surface area contributed by atoms with Crippen LogP contribution in [0.15, 0.2) is 12.1 Å². The second kappa shape index (κ2) is 2.48. The van der Waals surface area contributed by atoms with Gasteiger partial charge in [0, 0.05) is 4.88 Å². The average molecular weight is 198 g/mol. The molecule has 3 heteroatoms. The minimum atomic E-state index is -0.197. The predicted octanol–water partition coefficient (Wildman–Crippen LogP) is 3.20. The zero-order valence-corrected chi connectivity index (χ0v) is 8.25. The molecule has 2 atom stereocenters. The van der Waals surface area contributed by atoms with Gasteiger partial charge in [-0.2, -0.15) is 5.26 Å². The Morgan fingerprint density at radius 2 is 2.42 bits per heavy atom. The first kappa shape index (κ1) is 8.10. The Morgan fingerprint density at radius 3 is 2.75 bits per heavy atom. The van der Waals surface area contributed by atoms with Crippen molar-refractivity contribution in [3.63, 3.8) is 0 Å². The Labute approximate surface area is 80.6 Å². The van der Waals surface area contributed by atoms with Gasteiger partial charge in [0.25, 0.3) is 0 Å². The molecule has 1 nitrogen and oxygen atoms in total. The zero-order valence-electron chi connectivity index (χ0n) is 6.67. The van der Waals surface area contributed by atoms with Crippen molar-refractivity contribution < 1.29 is 0 Å². The van der Waals surface area contributed by atoms with Crippen LogP contribution in [0.25, 0.3) is 0 Å². The van der Waals surface area contributed by atoms with Crippen molar-refractivity contribution >= 4 is 22.9 Å². The monoisotopic (exact) mass is 197 g/mol. The van der Waals surface area contributed by atoms with Crippen molar-refractivity contribution in [2.45, 2.75) is 18.8 Å². The molecule has 0 amide bonds. The van der Waals surface area contributed by atoms with E-state index in [2.05, 4.69) is 13.0 Å². The zero-order chi connectivity index (χ0) is 8.77. The van der Waals surface area contributed by atoms with Crippen LogP contribution in [-0.4, -0.2) is 0 Å². The minimum Gasteiger partial charge on any atom is -0.197 e. The molecule has 1 heterocycles. The van der Waals surface area contributed by atoms with Gasteiger partial charge in [-0.15, -0.1) is 11.3 Å². The highest BCUT2D eigenvalue weighted by Gasteiger charge is 2.54. The van der Waals surface area contributed by atoms with E-state index < -0.39 is 0 Å². The highest BCUT2D eigenvalue weighted by Crippen LogP contribution is 2.55. The van der Waals surface area contributed by atoms with Crippen molar-refractivity contribution in [1.82, 2.24) is 0 Å². The lowest BCUT2D eigenvalue weighted by atomic mass is 10.1. The first-order valence-corrected chi connectivity index (χ1v) is 5.05. The maximum atomic E-state index is 9.00. The van der Waals surface area contributed by atoms with E-state index in [-0.39, 0.29) is 5.41 Å². The first-order valence-electron chi connectivity index (χ1n) is 3.86. The van der Waals surface area contributed by atoms with E-state index in [4.69, 9.17) is 16.9 Å². The standard InChI is InChI=1S/C9H8ClNS/c1-6-4-9(6,5-11)7-2-3-8(10)12-7/h2-3,6H,4H2,1H3. The van der Waals surface area contributed by atoms with Gasteiger partial charge in [0.2, 0.25) is 0 Å². The molecule has 1 aliphatic carbocycles. The van der Waals surface area contributed by atoms with Gasteiger partial charge in [-0.1, -0.05) is 18.5 Å². The van der Waals surface area contributed by atoms with E-state index >= 15 is 0 Å². The number of hydrogen-bond donors (Lipinski definition) is 0. The lowest BCUT2D eigenvalue weighted by molar-refractivity contribution is 0.808. The van der Waals surface area contributed by atoms with Crippen molar-refractivity contribution in [1.29, 1.82) is 5.26 Å². The summed E-state index contributed by atoms with van der Waals surface area (Å²) in [5.74, 6) is 0.497. The van der Waals surface area contributed by atoms with Gasteiger partial charge in [-0.25, -0.2) is 0 Å². The molecule has 12 heavy (non-hydrogen) atoms. The maximum absolute atomic E-state index is 9.00. The molecule has 0 bridgehead atoms. The molecule has 2 unspecified atom stereocenters. The van der Waals surface area contributed by atoms with Gasteiger partial charge in [-0.05, 0) is 24.5 Å². The smallest absolute Gasteiger partial charge is 0.0944 e. The number of halogens is 1. The third-order valence-electron chi connectivity index (χ3n) is 2.52. The summed E-state index contributed by atoms with van der Waals surface area (Å²) < 4.78 is 0.777. The summed E-state index contributed by atoms with van der Waals surface area (Å²) in [6, 6.07) is 6.22. The van der Waals surface area contributed by atoms with Crippen LogP contribution in [0.2, 0.25) is 4.34 Å². The number of thiophene rings is 1. The van der Waals surface area contributed by atoms with Crippen LogP contribution >= 0.6 is 22.9 Å². The second-order valence-electron chi connectivity index (χ2n) is 3.29. The summed E-state index contributed by atoms with van der Waals surface area (Å²) in [6.07, 6.45) is 0.986. The molecule has 1 aromatic heterocycles. The molecule has 2 rings (SSSR count). The van der Waals surface area contributed by atoms with E-state index in [0.717, 1.165) is 15.6 Å². The van der Waals surface area contributed by atoms with Crippen molar-refractivity contribution in [2.75, 3.05) is 0 Å². The van der Waals surface area contributed by atoms with Crippen LogP contribution < -0.4 is 0 Å². The summed E-state index contributed by atoms with van der Waals surface area (Å²) in [5.41, 5.74) is -0.197. The van der Waals surface area contributed by atoms with Crippen LogP contribution in [0.1, 0.15) is 18.2 Å². The first-order chi connectivity index (χ1) is 5.69. The molecule has 0 aliphatic heterocycles. The number of rotatable bonds is 1. The summed E-state index contributed by atoms with van der Waals surface area (Å²) in [7, 11) is 0. The number of hydrogen-bond acceptors (Lipinski definition) is 2. The van der Waals surface area contributed by atoms with E-state index in [1.54, 1.807) is 0 Å². The van der Waals surface area contributed by atoms with E-state index in [9.17, 15) is 0 Å². The van der Waals surface area contributed by atoms with E-state index in [1.807, 2.05) is 12.1 Å². The van der Waals surface area contributed by atoms with Gasteiger partial charge in [0.05, 0.1) is 15.8 Å². The van der Waals surface area contributed by atoms with E-state index in [0.29, 0.717) is 5.92 Å². The van der Waals surface area contributed by atoms with Crippen molar-refractivity contribution in [2.24, 2.45) is 5.92 Å². The SMILES string of the molecule is CC1CC1(C#N)c1ccc(Cl)s1. The summed E-state index contributed by atoms with van der Waals surface area (Å²) in [5, 5.41) is 9.00. The van der Waals surface area contributed by atoms with Crippen molar-refractivity contribution in [3.8, 4) is 6.07 Å². The fourth-order valence-corrected chi connectivity index (χ4v) is 2.84. The minimum absolute atomic E-state index is 0.197. The van der Waals surface area contributed by atoms with Crippen LogP contribution in [0.3, 0.4) is 0 Å². The Hall–Kier alpha value is -0.520. The Kier molecular flexibility index (Phi) is 1.67. The van der Waals surface area contributed by atoms with Crippen LogP contribution in [0.5, 0.6) is 0 Å². The third-order valence-corrected chi connectivity index (χ3v) is 3.93. The third kappa shape index (κ3) is 0.972. The fraction of sp³-hybridized carbons (Fsp3) is 0.444. The lowest BCUT2D eigenvalue weighted by Gasteiger charge is -2.01. The number of nitrogens with zero attached hydrogens (tertiary/aromatic N) is 1. The lowest BCUT2D eigenvalue weighted by Crippen LogP contribution is -2.02. The molecule has 0 saturated heterocycles. The molecule has 62 valence electrons. The largest absolute Gasteiger partial charge is 0.197 e.